The van der Waals surface area contributed by atoms with E-state index in [1.165, 1.54) is 6.92 Å². The fraction of sp³-hybridized carbons (Fsp3) is 0.833. The summed E-state index contributed by atoms with van der Waals surface area (Å²) in [5, 5.41) is 2.70. The zero-order valence-electron chi connectivity index (χ0n) is 6.44. The standard InChI is InChI=1S/C6H14N2OS/c1-3-8-10-5-4-7-6(2)9/h8H,3-5H2,1-2H3,(H,7,9). The lowest BCUT2D eigenvalue weighted by Gasteiger charge is -2.00. The second-order valence-electron chi connectivity index (χ2n) is 1.83. The highest BCUT2D eigenvalue weighted by atomic mass is 32.2. The normalized spacial score (nSPS) is 9.40. The van der Waals surface area contributed by atoms with Gasteiger partial charge in [0, 0.05) is 25.8 Å². The van der Waals surface area contributed by atoms with E-state index in [1.807, 2.05) is 6.92 Å². The first-order valence-electron chi connectivity index (χ1n) is 3.36. The van der Waals surface area contributed by atoms with Crippen molar-refractivity contribution in [1.82, 2.24) is 10.0 Å². The van der Waals surface area contributed by atoms with Gasteiger partial charge >= 0.3 is 0 Å². The molecule has 0 aromatic rings. The highest BCUT2D eigenvalue weighted by Crippen LogP contribution is 1.88. The van der Waals surface area contributed by atoms with Gasteiger partial charge in [-0.3, -0.25) is 9.52 Å². The molecule has 0 aromatic carbocycles. The maximum absolute atomic E-state index is 10.3. The van der Waals surface area contributed by atoms with E-state index in [1.54, 1.807) is 11.9 Å². The predicted molar refractivity (Wildman–Crippen MR) is 44.8 cm³/mol. The Bertz CT molecular complexity index is 97.7. The van der Waals surface area contributed by atoms with Gasteiger partial charge in [-0.05, 0) is 0 Å². The average Bonchev–Trinajstić information content (AvgIpc) is 1.87. The Labute approximate surface area is 66.1 Å². The van der Waals surface area contributed by atoms with E-state index >= 15 is 0 Å². The van der Waals surface area contributed by atoms with E-state index in [4.69, 9.17) is 0 Å². The first-order chi connectivity index (χ1) is 4.77. The van der Waals surface area contributed by atoms with Gasteiger partial charge < -0.3 is 5.32 Å². The summed E-state index contributed by atoms with van der Waals surface area (Å²) in [5.41, 5.74) is 0. The molecule has 0 radical (unpaired) electrons. The van der Waals surface area contributed by atoms with Crippen molar-refractivity contribution in [3.05, 3.63) is 0 Å². The van der Waals surface area contributed by atoms with E-state index in [2.05, 4.69) is 10.0 Å². The van der Waals surface area contributed by atoms with Gasteiger partial charge in [0.05, 0.1) is 0 Å². The van der Waals surface area contributed by atoms with Crippen molar-refractivity contribution in [3.8, 4) is 0 Å². The SMILES string of the molecule is CCNSCCNC(C)=O. The molecule has 0 unspecified atom stereocenters. The third-order valence-corrected chi connectivity index (χ3v) is 1.73. The van der Waals surface area contributed by atoms with Crippen molar-refractivity contribution in [2.45, 2.75) is 13.8 Å². The molecule has 1 amide bonds. The minimum atomic E-state index is 0.0390. The van der Waals surface area contributed by atoms with Gasteiger partial charge in [-0.25, -0.2) is 0 Å². The minimum absolute atomic E-state index is 0.0390. The lowest BCUT2D eigenvalue weighted by atomic mass is 10.6. The molecule has 0 atom stereocenters. The van der Waals surface area contributed by atoms with Crippen LogP contribution in [0, 0.1) is 0 Å². The molecule has 3 nitrogen and oxygen atoms in total. The molecule has 0 heterocycles. The van der Waals surface area contributed by atoms with Crippen LogP contribution in [0.5, 0.6) is 0 Å². The van der Waals surface area contributed by atoms with Crippen LogP contribution < -0.4 is 10.0 Å². The van der Waals surface area contributed by atoms with E-state index in [9.17, 15) is 4.79 Å². The Kier molecular flexibility index (Phi) is 6.74. The molecule has 2 N–H and O–H groups in total. The fourth-order valence-corrected chi connectivity index (χ4v) is 1.00. The quantitative estimate of drug-likeness (QED) is 0.453. The molecule has 0 aliphatic carbocycles. The Balaban J connectivity index is 2.84. The monoisotopic (exact) mass is 162 g/mol. The molecule has 0 aliphatic heterocycles. The number of hydrogen-bond donors (Lipinski definition) is 2. The van der Waals surface area contributed by atoms with E-state index < -0.39 is 0 Å². The molecule has 0 aliphatic rings. The van der Waals surface area contributed by atoms with Gasteiger partial charge in [-0.15, -0.1) is 0 Å². The van der Waals surface area contributed by atoms with Crippen LogP contribution in [0.4, 0.5) is 0 Å². The summed E-state index contributed by atoms with van der Waals surface area (Å²) in [4.78, 5) is 10.3. The van der Waals surface area contributed by atoms with Crippen LogP contribution in [0.3, 0.4) is 0 Å². The first kappa shape index (κ1) is 9.78. The van der Waals surface area contributed by atoms with Crippen molar-refractivity contribution < 1.29 is 4.79 Å². The minimum Gasteiger partial charge on any atom is -0.355 e. The summed E-state index contributed by atoms with van der Waals surface area (Å²) >= 11 is 1.63. The molecule has 60 valence electrons. The smallest absolute Gasteiger partial charge is 0.216 e. The Morgan fingerprint density at radius 3 is 2.80 bits per heavy atom. The maximum atomic E-state index is 10.3. The lowest BCUT2D eigenvalue weighted by Crippen LogP contribution is -2.23. The van der Waals surface area contributed by atoms with Crippen molar-refractivity contribution in [2.24, 2.45) is 0 Å². The molecule has 0 rings (SSSR count). The van der Waals surface area contributed by atoms with Gasteiger partial charge in [0.2, 0.25) is 5.91 Å². The number of carbonyl (C=O) groups is 1. The third kappa shape index (κ3) is 7.78. The van der Waals surface area contributed by atoms with E-state index in [0.29, 0.717) is 0 Å². The molecule has 0 bridgehead atoms. The molecule has 0 fully saturated rings. The molecule has 4 heteroatoms. The van der Waals surface area contributed by atoms with Crippen molar-refractivity contribution >= 4 is 17.9 Å². The molecule has 10 heavy (non-hydrogen) atoms. The second kappa shape index (κ2) is 6.89. The number of carbonyl (C=O) groups excluding carboxylic acids is 1. The topological polar surface area (TPSA) is 41.1 Å². The van der Waals surface area contributed by atoms with Crippen LogP contribution in [-0.4, -0.2) is 24.7 Å². The largest absolute Gasteiger partial charge is 0.355 e. The summed E-state index contributed by atoms with van der Waals surface area (Å²) < 4.78 is 3.09. The second-order valence-corrected chi connectivity index (χ2v) is 2.81. The molecular formula is C6H14N2OS. The summed E-state index contributed by atoms with van der Waals surface area (Å²) in [6, 6.07) is 0. The predicted octanol–water partition coefficient (Wildman–Crippen LogP) is 0.380. The van der Waals surface area contributed by atoms with Crippen LogP contribution in [0.1, 0.15) is 13.8 Å². The maximum Gasteiger partial charge on any atom is 0.216 e. The van der Waals surface area contributed by atoms with Gasteiger partial charge in [0.1, 0.15) is 0 Å². The third-order valence-electron chi connectivity index (χ3n) is 0.824. The highest BCUT2D eigenvalue weighted by Gasteiger charge is 1.88. The van der Waals surface area contributed by atoms with Gasteiger partial charge in [-0.2, -0.15) is 0 Å². The lowest BCUT2D eigenvalue weighted by molar-refractivity contribution is -0.118. The molecule has 0 aromatic heterocycles. The summed E-state index contributed by atoms with van der Waals surface area (Å²) in [7, 11) is 0. The fourth-order valence-electron chi connectivity index (χ4n) is 0.452. The Morgan fingerprint density at radius 1 is 1.60 bits per heavy atom. The van der Waals surface area contributed by atoms with E-state index in [0.717, 1.165) is 18.8 Å². The molecule has 0 saturated heterocycles. The number of rotatable bonds is 5. The van der Waals surface area contributed by atoms with Crippen LogP contribution in [0.15, 0.2) is 0 Å². The number of nitrogens with one attached hydrogen (secondary N) is 2. The van der Waals surface area contributed by atoms with Gasteiger partial charge in [0.15, 0.2) is 0 Å². The molecule has 0 spiro atoms. The van der Waals surface area contributed by atoms with Gasteiger partial charge in [-0.1, -0.05) is 18.9 Å². The summed E-state index contributed by atoms with van der Waals surface area (Å²) in [5.74, 6) is 0.963. The molecular weight excluding hydrogens is 148 g/mol. The zero-order chi connectivity index (χ0) is 7.82. The zero-order valence-corrected chi connectivity index (χ0v) is 7.25. The van der Waals surface area contributed by atoms with Crippen LogP contribution in [0.25, 0.3) is 0 Å². The van der Waals surface area contributed by atoms with E-state index in [-0.39, 0.29) is 5.91 Å². The number of amides is 1. The van der Waals surface area contributed by atoms with Crippen molar-refractivity contribution in [2.75, 3.05) is 18.8 Å². The summed E-state index contributed by atoms with van der Waals surface area (Å²) in [6.45, 7) is 5.28. The molecule has 0 saturated carbocycles. The van der Waals surface area contributed by atoms with Crippen LogP contribution in [-0.2, 0) is 4.79 Å². The average molecular weight is 162 g/mol. The first-order valence-corrected chi connectivity index (χ1v) is 4.35. The number of hydrogen-bond acceptors (Lipinski definition) is 3. The van der Waals surface area contributed by atoms with Gasteiger partial charge in [0.25, 0.3) is 0 Å². The Morgan fingerprint density at radius 2 is 2.30 bits per heavy atom. The van der Waals surface area contributed by atoms with Crippen LogP contribution in [0.2, 0.25) is 0 Å². The van der Waals surface area contributed by atoms with Crippen molar-refractivity contribution in [3.63, 3.8) is 0 Å². The summed E-state index contributed by atoms with van der Waals surface area (Å²) in [6.07, 6.45) is 0. The van der Waals surface area contributed by atoms with Crippen LogP contribution >= 0.6 is 11.9 Å². The highest BCUT2D eigenvalue weighted by molar-refractivity contribution is 7.97. The van der Waals surface area contributed by atoms with Crippen molar-refractivity contribution in [1.29, 1.82) is 0 Å². The Hall–Kier alpha value is -0.220.